The number of ketones is 1. The van der Waals surface area contributed by atoms with Crippen LogP contribution in [0.25, 0.3) is 32.3 Å². The number of alkyl halides is 2. The Kier molecular flexibility index (Phi) is 5.94. The molecule has 0 amide bonds. The van der Waals surface area contributed by atoms with E-state index >= 15 is 8.78 Å². The first-order chi connectivity index (χ1) is 16.8. The smallest absolute Gasteiger partial charge is 0.294 e. The molecule has 0 N–H and O–H groups in total. The summed E-state index contributed by atoms with van der Waals surface area (Å²) in [4.78, 5) is 13.3. The van der Waals surface area contributed by atoms with Crippen molar-refractivity contribution < 1.29 is 18.1 Å². The zero-order valence-corrected chi connectivity index (χ0v) is 20.6. The van der Waals surface area contributed by atoms with Gasteiger partial charge in [-0.25, -0.2) is 4.67 Å². The van der Waals surface area contributed by atoms with Gasteiger partial charge < -0.3 is 0 Å². The monoisotopic (exact) mass is 489 g/mol. The molecule has 6 heteroatoms. The first-order valence-corrected chi connectivity index (χ1v) is 13.5. The third kappa shape index (κ3) is 3.57. The summed E-state index contributed by atoms with van der Waals surface area (Å²) >= 11 is 0. The Morgan fingerprint density at radius 2 is 1.34 bits per heavy atom. The van der Waals surface area contributed by atoms with Gasteiger partial charge in [-0.3, -0.25) is 9.36 Å². The van der Waals surface area contributed by atoms with Crippen LogP contribution in [0.3, 0.4) is 0 Å². The number of Topliss-reactive ketones (excluding diaryl/α,β-unsaturated/α-hetero) is 1. The largest absolute Gasteiger partial charge is 0.372 e. The number of carbonyl (C=O) groups excluding carboxylic acids is 1. The van der Waals surface area contributed by atoms with E-state index in [1.54, 1.807) is 38.1 Å². The maximum absolute atomic E-state index is 16.0. The van der Waals surface area contributed by atoms with Gasteiger partial charge in [-0.15, -0.1) is 0 Å². The van der Waals surface area contributed by atoms with Crippen LogP contribution in [-0.4, -0.2) is 29.2 Å². The van der Waals surface area contributed by atoms with Crippen LogP contribution in [0.5, 0.6) is 0 Å². The topological polar surface area (TPSA) is 37.4 Å². The van der Waals surface area contributed by atoms with E-state index in [1.807, 2.05) is 48.5 Å². The Morgan fingerprint density at radius 3 is 1.97 bits per heavy atom. The molecule has 0 aliphatic heterocycles. The van der Waals surface area contributed by atoms with Gasteiger partial charge in [0.25, 0.3) is 7.29 Å². The summed E-state index contributed by atoms with van der Waals surface area (Å²) < 4.78 is 47.4. The lowest BCUT2D eigenvalue weighted by molar-refractivity contribution is -0.133. The lowest BCUT2D eigenvalue weighted by Crippen LogP contribution is -2.42. The zero-order chi connectivity index (χ0) is 24.8. The fourth-order valence-electron chi connectivity index (χ4n) is 5.15. The highest BCUT2D eigenvalue weighted by Crippen LogP contribution is 2.62. The minimum atomic E-state index is -4.54. The lowest BCUT2D eigenvalue weighted by Gasteiger charge is -2.35. The summed E-state index contributed by atoms with van der Waals surface area (Å²) in [6, 6.07) is 25.2. The Labute approximate surface area is 203 Å². The van der Waals surface area contributed by atoms with Crippen molar-refractivity contribution in [1.82, 2.24) is 4.67 Å². The van der Waals surface area contributed by atoms with Gasteiger partial charge >= 0.3 is 5.66 Å². The second-order valence-corrected chi connectivity index (χ2v) is 11.6. The Bertz CT molecular complexity index is 1560. The fourth-order valence-corrected chi connectivity index (χ4v) is 7.95. The van der Waals surface area contributed by atoms with Crippen molar-refractivity contribution in [3.8, 4) is 0 Å². The van der Waals surface area contributed by atoms with E-state index in [-0.39, 0.29) is 18.4 Å². The molecule has 0 aromatic heterocycles. The van der Waals surface area contributed by atoms with Gasteiger partial charge in [0.05, 0.1) is 0 Å². The molecule has 5 aromatic rings. The van der Waals surface area contributed by atoms with E-state index in [9.17, 15) is 9.36 Å². The van der Waals surface area contributed by atoms with Crippen LogP contribution in [0.4, 0.5) is 8.78 Å². The normalized spacial score (nSPS) is 14.2. The van der Waals surface area contributed by atoms with Crippen LogP contribution in [0, 0.1) is 0 Å². The molecule has 1 atom stereocenters. The third-order valence-corrected chi connectivity index (χ3v) is 10.3. The number of hydrogen-bond acceptors (Lipinski definition) is 2. The Hall–Kier alpha value is -3.14. The third-order valence-electron chi connectivity index (χ3n) is 6.92. The Morgan fingerprint density at radius 1 is 0.771 bits per heavy atom. The van der Waals surface area contributed by atoms with Crippen LogP contribution in [0.1, 0.15) is 19.4 Å². The van der Waals surface area contributed by atoms with Gasteiger partial charge in [0, 0.05) is 24.8 Å². The van der Waals surface area contributed by atoms with Crippen molar-refractivity contribution in [2.45, 2.75) is 25.9 Å². The second-order valence-electron chi connectivity index (χ2n) is 8.77. The van der Waals surface area contributed by atoms with Crippen molar-refractivity contribution >= 4 is 50.7 Å². The highest BCUT2D eigenvalue weighted by molar-refractivity contribution is 7.71. The molecule has 5 rings (SSSR count). The zero-order valence-electron chi connectivity index (χ0n) is 19.7. The summed E-state index contributed by atoms with van der Waals surface area (Å²) in [6.45, 7) is 3.65. The van der Waals surface area contributed by atoms with E-state index in [2.05, 4.69) is 0 Å². The molecule has 178 valence electrons. The maximum atomic E-state index is 16.0. The number of carbonyl (C=O) groups is 1. The van der Waals surface area contributed by atoms with Crippen molar-refractivity contribution in [2.24, 2.45) is 0 Å². The maximum Gasteiger partial charge on any atom is 0.372 e. The summed E-state index contributed by atoms with van der Waals surface area (Å²) in [5.41, 5.74) is -3.52. The van der Waals surface area contributed by atoms with E-state index in [0.29, 0.717) is 5.56 Å². The first kappa shape index (κ1) is 23.6. The molecule has 0 heterocycles. The van der Waals surface area contributed by atoms with Gasteiger partial charge in [0.1, 0.15) is 0 Å². The van der Waals surface area contributed by atoms with Crippen LogP contribution in [0.2, 0.25) is 0 Å². The van der Waals surface area contributed by atoms with Gasteiger partial charge in [-0.05, 0) is 50.0 Å². The van der Waals surface area contributed by atoms with E-state index in [1.165, 1.54) is 16.8 Å². The van der Waals surface area contributed by atoms with Gasteiger partial charge in [0.15, 0.2) is 0 Å². The molecule has 0 saturated carbocycles. The van der Waals surface area contributed by atoms with Crippen LogP contribution in [-0.2, 0) is 15.8 Å². The van der Waals surface area contributed by atoms with E-state index < -0.39 is 25.2 Å². The summed E-state index contributed by atoms with van der Waals surface area (Å²) in [7, 11) is -4.54. The van der Waals surface area contributed by atoms with Crippen molar-refractivity contribution in [1.29, 1.82) is 0 Å². The van der Waals surface area contributed by atoms with Gasteiger partial charge in [0.2, 0.25) is 5.78 Å². The SMILES string of the molecule is CCN(CC)P(=O)(c1ccccc1)C(F)(F)C(=O)Cc1ccc2ccc3cccc4ccc1c2c34. The molecule has 0 aliphatic rings. The van der Waals surface area contributed by atoms with Crippen LogP contribution < -0.4 is 5.30 Å². The molecule has 0 fully saturated rings. The predicted molar refractivity (Wildman–Crippen MR) is 140 cm³/mol. The van der Waals surface area contributed by atoms with Crippen molar-refractivity contribution in [2.75, 3.05) is 13.1 Å². The van der Waals surface area contributed by atoms with E-state index in [4.69, 9.17) is 0 Å². The molecule has 0 bridgehead atoms. The predicted octanol–water partition coefficient (Wildman–Crippen LogP) is 7.23. The van der Waals surface area contributed by atoms with Crippen LogP contribution in [0.15, 0.2) is 84.9 Å². The van der Waals surface area contributed by atoms with Crippen molar-refractivity contribution in [3.05, 3.63) is 90.5 Å². The molecular formula is C29H26F2NO2P. The van der Waals surface area contributed by atoms with Crippen molar-refractivity contribution in [3.63, 3.8) is 0 Å². The highest BCUT2D eigenvalue weighted by Gasteiger charge is 2.59. The fraction of sp³-hybridized carbons (Fsp3) is 0.207. The molecule has 0 spiro atoms. The number of rotatable bonds is 8. The summed E-state index contributed by atoms with van der Waals surface area (Å²) in [6.07, 6.45) is -0.501. The molecule has 35 heavy (non-hydrogen) atoms. The summed E-state index contributed by atoms with van der Waals surface area (Å²) in [5, 5.41) is 5.90. The molecule has 0 saturated heterocycles. The minimum Gasteiger partial charge on any atom is -0.294 e. The molecular weight excluding hydrogens is 463 g/mol. The summed E-state index contributed by atoms with van der Waals surface area (Å²) in [5.74, 6) is -1.33. The first-order valence-electron chi connectivity index (χ1n) is 11.8. The average Bonchev–Trinajstić information content (AvgIpc) is 2.89. The molecule has 5 aromatic carbocycles. The number of nitrogens with zero attached hydrogens (tertiary/aromatic N) is 1. The van der Waals surface area contributed by atoms with E-state index in [0.717, 1.165) is 32.3 Å². The number of benzene rings is 5. The molecule has 0 aliphatic carbocycles. The second kappa shape index (κ2) is 8.82. The average molecular weight is 490 g/mol. The van der Waals surface area contributed by atoms with Gasteiger partial charge in [-0.1, -0.05) is 86.6 Å². The quantitative estimate of drug-likeness (QED) is 0.170. The molecule has 1 unspecified atom stereocenters. The standard InChI is InChI=1S/C29H26F2NO2P/c1-3-32(4-2)35(34,24-11-6-5-7-12-24)29(30,31)26(33)19-23-16-15-22-14-13-20-9-8-10-21-17-18-25(23)28(22)27(20)21/h5-18H,3-4,19H2,1-2H3. The van der Waals surface area contributed by atoms with Crippen LogP contribution >= 0.6 is 7.29 Å². The highest BCUT2D eigenvalue weighted by atomic mass is 31.2. The molecule has 3 nitrogen and oxygen atoms in total. The lowest BCUT2D eigenvalue weighted by atomic mass is 9.91. The number of halogens is 2. The minimum absolute atomic E-state index is 0.00238. The Balaban J connectivity index is 1.62. The number of hydrogen-bond donors (Lipinski definition) is 0. The molecule has 0 radical (unpaired) electrons. The van der Waals surface area contributed by atoms with Gasteiger partial charge in [-0.2, -0.15) is 8.78 Å².